The SMILES string of the molecule is CC(C)(C)OC(=O)N1CCC(c2ccc(NC(=O)N3Cc4ccccc4C3)cc2)CC1. The first-order valence-electron chi connectivity index (χ1n) is 11.0. The van der Waals surface area contributed by atoms with Gasteiger partial charge in [-0.3, -0.25) is 0 Å². The van der Waals surface area contributed by atoms with Crippen LogP contribution in [0.5, 0.6) is 0 Å². The fraction of sp³-hybridized carbons (Fsp3) is 0.440. The maximum atomic E-state index is 12.6. The second kappa shape index (κ2) is 8.61. The predicted molar refractivity (Wildman–Crippen MR) is 121 cm³/mol. The van der Waals surface area contributed by atoms with Crippen LogP contribution in [0, 0.1) is 0 Å². The van der Waals surface area contributed by atoms with Gasteiger partial charge in [-0.25, -0.2) is 9.59 Å². The highest BCUT2D eigenvalue weighted by atomic mass is 16.6. The topological polar surface area (TPSA) is 61.9 Å². The molecule has 1 saturated heterocycles. The molecule has 6 heteroatoms. The molecule has 0 aromatic heterocycles. The van der Waals surface area contributed by atoms with Crippen LogP contribution in [0.2, 0.25) is 0 Å². The zero-order valence-electron chi connectivity index (χ0n) is 18.6. The van der Waals surface area contributed by atoms with E-state index in [1.54, 1.807) is 4.90 Å². The molecule has 0 aliphatic carbocycles. The number of anilines is 1. The van der Waals surface area contributed by atoms with Crippen molar-refractivity contribution in [3.8, 4) is 0 Å². The van der Waals surface area contributed by atoms with Crippen LogP contribution in [-0.4, -0.2) is 40.6 Å². The Hall–Kier alpha value is -3.02. The number of likely N-dealkylation sites (tertiary alicyclic amines) is 1. The minimum absolute atomic E-state index is 0.0744. The minimum Gasteiger partial charge on any atom is -0.444 e. The number of hydrogen-bond donors (Lipinski definition) is 1. The second-order valence-corrected chi connectivity index (χ2v) is 9.42. The van der Waals surface area contributed by atoms with Crippen molar-refractivity contribution in [2.45, 2.75) is 58.2 Å². The van der Waals surface area contributed by atoms with E-state index in [9.17, 15) is 9.59 Å². The normalized spacial score (nSPS) is 16.7. The number of nitrogens with zero attached hydrogens (tertiary/aromatic N) is 2. The van der Waals surface area contributed by atoms with Gasteiger partial charge in [0.1, 0.15) is 5.60 Å². The average molecular weight is 422 g/mol. The Morgan fingerprint density at radius 3 is 2.03 bits per heavy atom. The molecule has 2 aromatic rings. The third kappa shape index (κ3) is 5.19. The molecule has 0 bridgehead atoms. The summed E-state index contributed by atoms with van der Waals surface area (Å²) in [6, 6.07) is 16.2. The van der Waals surface area contributed by atoms with Crippen molar-refractivity contribution < 1.29 is 14.3 Å². The van der Waals surface area contributed by atoms with Gasteiger partial charge in [0.25, 0.3) is 0 Å². The van der Waals surface area contributed by atoms with Crippen molar-refractivity contribution in [2.75, 3.05) is 18.4 Å². The van der Waals surface area contributed by atoms with Crippen molar-refractivity contribution in [2.24, 2.45) is 0 Å². The number of urea groups is 1. The number of nitrogens with one attached hydrogen (secondary N) is 1. The quantitative estimate of drug-likeness (QED) is 0.711. The molecule has 2 aliphatic heterocycles. The Kier molecular flexibility index (Phi) is 5.90. The molecule has 2 aliphatic rings. The largest absolute Gasteiger partial charge is 0.444 e. The van der Waals surface area contributed by atoms with Crippen LogP contribution in [0.15, 0.2) is 48.5 Å². The Bertz CT molecular complexity index is 916. The summed E-state index contributed by atoms with van der Waals surface area (Å²) in [5.41, 5.74) is 4.01. The van der Waals surface area contributed by atoms with Crippen LogP contribution < -0.4 is 5.32 Å². The van der Waals surface area contributed by atoms with E-state index in [0.717, 1.165) is 18.5 Å². The van der Waals surface area contributed by atoms with Gasteiger partial charge in [0, 0.05) is 31.9 Å². The lowest BCUT2D eigenvalue weighted by Crippen LogP contribution is -2.41. The number of hydrogen-bond acceptors (Lipinski definition) is 3. The monoisotopic (exact) mass is 421 g/mol. The highest BCUT2D eigenvalue weighted by Gasteiger charge is 2.27. The molecule has 0 saturated carbocycles. The van der Waals surface area contributed by atoms with Crippen LogP contribution >= 0.6 is 0 Å². The highest BCUT2D eigenvalue weighted by molar-refractivity contribution is 5.89. The molecule has 3 amide bonds. The lowest BCUT2D eigenvalue weighted by atomic mass is 9.89. The predicted octanol–water partition coefficient (Wildman–Crippen LogP) is 5.35. The van der Waals surface area contributed by atoms with E-state index < -0.39 is 5.60 Å². The number of carbonyl (C=O) groups excluding carboxylic acids is 2. The Morgan fingerprint density at radius 2 is 1.48 bits per heavy atom. The molecule has 4 rings (SSSR count). The van der Waals surface area contributed by atoms with Crippen molar-refractivity contribution in [1.82, 2.24) is 9.80 Å². The standard InChI is InChI=1S/C25H31N3O3/c1-25(2,3)31-24(30)27-14-12-19(13-15-27)18-8-10-22(11-9-18)26-23(29)28-16-20-6-4-5-7-21(20)17-28/h4-11,19H,12-17H2,1-3H3,(H,26,29). The summed E-state index contributed by atoms with van der Waals surface area (Å²) in [5, 5.41) is 3.01. The van der Waals surface area contributed by atoms with Gasteiger partial charge < -0.3 is 19.9 Å². The molecule has 1 fully saturated rings. The van der Waals surface area contributed by atoms with Crippen LogP contribution in [0.1, 0.15) is 56.2 Å². The van der Waals surface area contributed by atoms with Crippen molar-refractivity contribution in [1.29, 1.82) is 0 Å². The summed E-state index contributed by atoms with van der Waals surface area (Å²) >= 11 is 0. The number of benzene rings is 2. The van der Waals surface area contributed by atoms with Gasteiger partial charge in [-0.15, -0.1) is 0 Å². The zero-order valence-corrected chi connectivity index (χ0v) is 18.6. The molecule has 0 unspecified atom stereocenters. The van der Waals surface area contributed by atoms with Crippen molar-refractivity contribution >= 4 is 17.8 Å². The summed E-state index contributed by atoms with van der Waals surface area (Å²) in [7, 11) is 0. The highest BCUT2D eigenvalue weighted by Crippen LogP contribution is 2.30. The number of carbonyl (C=O) groups is 2. The van der Waals surface area contributed by atoms with Crippen molar-refractivity contribution in [3.05, 3.63) is 65.2 Å². The molecular weight excluding hydrogens is 390 g/mol. The van der Waals surface area contributed by atoms with Gasteiger partial charge in [-0.05, 0) is 68.4 Å². The number of piperidine rings is 1. The lowest BCUT2D eigenvalue weighted by molar-refractivity contribution is 0.0205. The Morgan fingerprint density at radius 1 is 0.903 bits per heavy atom. The molecule has 164 valence electrons. The molecule has 2 heterocycles. The second-order valence-electron chi connectivity index (χ2n) is 9.42. The molecule has 6 nitrogen and oxygen atoms in total. The van der Waals surface area contributed by atoms with Gasteiger partial charge in [0.15, 0.2) is 0 Å². The number of ether oxygens (including phenoxy) is 1. The third-order valence-corrected chi connectivity index (χ3v) is 5.91. The maximum Gasteiger partial charge on any atom is 0.410 e. The van der Waals surface area contributed by atoms with Gasteiger partial charge >= 0.3 is 12.1 Å². The van der Waals surface area contributed by atoms with Gasteiger partial charge in [-0.2, -0.15) is 0 Å². The maximum absolute atomic E-state index is 12.6. The van der Waals surface area contributed by atoms with E-state index in [1.165, 1.54) is 16.7 Å². The van der Waals surface area contributed by atoms with E-state index in [0.29, 0.717) is 32.1 Å². The molecule has 0 atom stereocenters. The first kappa shape index (κ1) is 21.2. The molecule has 2 aromatic carbocycles. The van der Waals surface area contributed by atoms with Gasteiger partial charge in [0.2, 0.25) is 0 Å². The van der Waals surface area contributed by atoms with E-state index >= 15 is 0 Å². The Balaban J connectivity index is 1.28. The van der Waals surface area contributed by atoms with E-state index in [4.69, 9.17) is 4.74 Å². The summed E-state index contributed by atoms with van der Waals surface area (Å²) in [4.78, 5) is 28.5. The van der Waals surface area contributed by atoms with Gasteiger partial charge in [-0.1, -0.05) is 36.4 Å². The lowest BCUT2D eigenvalue weighted by Gasteiger charge is -2.33. The van der Waals surface area contributed by atoms with E-state index in [-0.39, 0.29) is 12.1 Å². The Labute approximate surface area is 184 Å². The summed E-state index contributed by atoms with van der Waals surface area (Å²) < 4.78 is 5.48. The molecule has 1 N–H and O–H groups in total. The molecular formula is C25H31N3O3. The first-order valence-corrected chi connectivity index (χ1v) is 11.0. The van der Waals surface area contributed by atoms with Crippen LogP contribution in [-0.2, 0) is 17.8 Å². The van der Waals surface area contributed by atoms with E-state index in [1.807, 2.05) is 49.9 Å². The minimum atomic E-state index is -0.466. The van der Waals surface area contributed by atoms with Crippen LogP contribution in [0.3, 0.4) is 0 Å². The third-order valence-electron chi connectivity index (χ3n) is 5.91. The van der Waals surface area contributed by atoms with Crippen molar-refractivity contribution in [3.63, 3.8) is 0 Å². The average Bonchev–Trinajstić information content (AvgIpc) is 3.18. The summed E-state index contributed by atoms with van der Waals surface area (Å²) in [6.45, 7) is 8.37. The number of amides is 3. The number of rotatable bonds is 2. The molecule has 0 spiro atoms. The fourth-order valence-electron chi connectivity index (χ4n) is 4.24. The summed E-state index contributed by atoms with van der Waals surface area (Å²) in [6.07, 6.45) is 1.60. The fourth-order valence-corrected chi connectivity index (χ4v) is 4.24. The summed E-state index contributed by atoms with van der Waals surface area (Å²) in [5.74, 6) is 0.413. The van der Waals surface area contributed by atoms with Crippen LogP contribution in [0.4, 0.5) is 15.3 Å². The van der Waals surface area contributed by atoms with Crippen LogP contribution in [0.25, 0.3) is 0 Å². The zero-order chi connectivity index (χ0) is 22.0. The smallest absolute Gasteiger partial charge is 0.410 e. The first-order chi connectivity index (χ1) is 14.8. The molecule has 0 radical (unpaired) electrons. The molecule has 31 heavy (non-hydrogen) atoms. The van der Waals surface area contributed by atoms with E-state index in [2.05, 4.69) is 29.6 Å². The number of fused-ring (bicyclic) bond motifs is 1. The van der Waals surface area contributed by atoms with Gasteiger partial charge in [0.05, 0.1) is 0 Å².